The lowest BCUT2D eigenvalue weighted by molar-refractivity contribution is 0.547. The summed E-state index contributed by atoms with van der Waals surface area (Å²) < 4.78 is 25.7. The van der Waals surface area contributed by atoms with E-state index in [0.717, 1.165) is 12.5 Å². The van der Waals surface area contributed by atoms with Crippen LogP contribution in [0.2, 0.25) is 0 Å². The summed E-state index contributed by atoms with van der Waals surface area (Å²) in [5, 5.41) is 0. The van der Waals surface area contributed by atoms with Gasteiger partial charge in [-0.05, 0) is 30.4 Å². The second-order valence-electron chi connectivity index (χ2n) is 3.53. The molecule has 14 heavy (non-hydrogen) atoms. The second-order valence-corrected chi connectivity index (χ2v) is 3.84. The minimum absolute atomic E-state index is 0.362. The fourth-order valence-corrected chi connectivity index (χ4v) is 1.36. The molecule has 3 heteroatoms. The smallest absolute Gasteiger partial charge is 0.129 e. The van der Waals surface area contributed by atoms with Gasteiger partial charge in [-0.1, -0.05) is 13.0 Å². The molecule has 1 atom stereocenters. The molecule has 1 unspecified atom stereocenters. The minimum atomic E-state index is -0.531. The summed E-state index contributed by atoms with van der Waals surface area (Å²) in [6, 6.07) is 3.69. The molecule has 0 heterocycles. The van der Waals surface area contributed by atoms with Crippen LogP contribution in [0.25, 0.3) is 0 Å². The van der Waals surface area contributed by atoms with Crippen LogP contribution < -0.4 is 0 Å². The fourth-order valence-electron chi connectivity index (χ4n) is 1.20. The number of aryl methyl sites for hydroxylation is 1. The quantitative estimate of drug-likeness (QED) is 0.675. The van der Waals surface area contributed by atoms with Crippen LogP contribution in [-0.2, 0) is 6.42 Å². The Morgan fingerprint density at radius 2 is 2.07 bits per heavy atom. The molecule has 0 saturated heterocycles. The number of benzene rings is 1. The summed E-state index contributed by atoms with van der Waals surface area (Å²) in [6.45, 7) is 2.01. The molecule has 0 spiro atoms. The maximum Gasteiger partial charge on any atom is 0.129 e. The van der Waals surface area contributed by atoms with Crippen molar-refractivity contribution in [2.45, 2.75) is 19.8 Å². The topological polar surface area (TPSA) is 0 Å². The van der Waals surface area contributed by atoms with Gasteiger partial charge in [0.05, 0.1) is 0 Å². The van der Waals surface area contributed by atoms with E-state index < -0.39 is 11.6 Å². The highest BCUT2D eigenvalue weighted by Gasteiger charge is 2.06. The van der Waals surface area contributed by atoms with Gasteiger partial charge in [0.15, 0.2) is 0 Å². The van der Waals surface area contributed by atoms with E-state index in [1.165, 1.54) is 12.1 Å². The lowest BCUT2D eigenvalue weighted by Crippen LogP contribution is -2.00. The van der Waals surface area contributed by atoms with E-state index in [9.17, 15) is 8.78 Å². The molecule has 0 nitrogen and oxygen atoms in total. The SMILES string of the molecule is CC(CCl)CCc1ccc(F)cc1F. The van der Waals surface area contributed by atoms with Gasteiger partial charge in [0.1, 0.15) is 11.6 Å². The van der Waals surface area contributed by atoms with Gasteiger partial charge in [-0.2, -0.15) is 0 Å². The van der Waals surface area contributed by atoms with Crippen LogP contribution in [0.5, 0.6) is 0 Å². The largest absolute Gasteiger partial charge is 0.207 e. The fraction of sp³-hybridized carbons (Fsp3) is 0.455. The Labute approximate surface area is 87.9 Å². The molecule has 1 aromatic rings. The standard InChI is InChI=1S/C11H13ClF2/c1-8(7-12)2-3-9-4-5-10(13)6-11(9)14/h4-6,8H,2-3,7H2,1H3. The van der Waals surface area contributed by atoms with Gasteiger partial charge < -0.3 is 0 Å². The van der Waals surface area contributed by atoms with Crippen molar-refractivity contribution >= 4 is 11.6 Å². The van der Waals surface area contributed by atoms with Crippen molar-refractivity contribution in [1.82, 2.24) is 0 Å². The molecule has 0 fully saturated rings. The summed E-state index contributed by atoms with van der Waals surface area (Å²) in [6.07, 6.45) is 1.44. The molecule has 78 valence electrons. The van der Waals surface area contributed by atoms with Crippen molar-refractivity contribution < 1.29 is 8.78 Å². The Morgan fingerprint density at radius 3 is 2.64 bits per heavy atom. The molecule has 0 saturated carbocycles. The molecular formula is C11H13ClF2. The van der Waals surface area contributed by atoms with Crippen LogP contribution in [0.3, 0.4) is 0 Å². The predicted molar refractivity (Wildman–Crippen MR) is 54.6 cm³/mol. The van der Waals surface area contributed by atoms with Crippen LogP contribution in [0.15, 0.2) is 18.2 Å². The van der Waals surface area contributed by atoms with E-state index in [4.69, 9.17) is 11.6 Å². The molecule has 0 N–H and O–H groups in total. The third-order valence-electron chi connectivity index (χ3n) is 2.18. The molecular weight excluding hydrogens is 206 g/mol. The summed E-state index contributed by atoms with van der Waals surface area (Å²) >= 11 is 5.63. The zero-order valence-corrected chi connectivity index (χ0v) is 8.82. The summed E-state index contributed by atoms with van der Waals surface area (Å²) in [4.78, 5) is 0. The molecule has 0 aliphatic rings. The van der Waals surface area contributed by atoms with Crippen LogP contribution in [0, 0.1) is 17.6 Å². The number of hydrogen-bond donors (Lipinski definition) is 0. The highest BCUT2D eigenvalue weighted by atomic mass is 35.5. The Bertz CT molecular complexity index is 299. The first-order valence-corrected chi connectivity index (χ1v) is 5.17. The molecule has 0 bridgehead atoms. The summed E-state index contributed by atoms with van der Waals surface area (Å²) in [5.41, 5.74) is 0.559. The Morgan fingerprint density at radius 1 is 1.36 bits per heavy atom. The summed E-state index contributed by atoms with van der Waals surface area (Å²) in [5.74, 6) is -0.0625. The van der Waals surface area contributed by atoms with Gasteiger partial charge in [0, 0.05) is 11.9 Å². The Balaban J connectivity index is 2.59. The molecule has 1 aromatic carbocycles. The third kappa shape index (κ3) is 3.26. The van der Waals surface area contributed by atoms with Crippen molar-refractivity contribution in [3.63, 3.8) is 0 Å². The number of rotatable bonds is 4. The lowest BCUT2D eigenvalue weighted by Gasteiger charge is -2.07. The summed E-state index contributed by atoms with van der Waals surface area (Å²) in [7, 11) is 0. The minimum Gasteiger partial charge on any atom is -0.207 e. The van der Waals surface area contributed by atoms with Crippen LogP contribution in [0.1, 0.15) is 18.9 Å². The van der Waals surface area contributed by atoms with E-state index in [0.29, 0.717) is 23.8 Å². The lowest BCUT2D eigenvalue weighted by atomic mass is 10.0. The number of hydrogen-bond acceptors (Lipinski definition) is 0. The van der Waals surface area contributed by atoms with Crippen molar-refractivity contribution in [1.29, 1.82) is 0 Å². The van der Waals surface area contributed by atoms with Gasteiger partial charge in [-0.3, -0.25) is 0 Å². The van der Waals surface area contributed by atoms with Crippen molar-refractivity contribution in [3.8, 4) is 0 Å². The maximum absolute atomic E-state index is 13.1. The predicted octanol–water partition coefficient (Wildman–Crippen LogP) is 3.77. The normalized spacial score (nSPS) is 12.9. The maximum atomic E-state index is 13.1. The average molecular weight is 219 g/mol. The first-order valence-electron chi connectivity index (χ1n) is 4.63. The van der Waals surface area contributed by atoms with E-state index in [1.54, 1.807) is 0 Å². The van der Waals surface area contributed by atoms with Crippen molar-refractivity contribution in [3.05, 3.63) is 35.4 Å². The van der Waals surface area contributed by atoms with Crippen LogP contribution in [0.4, 0.5) is 8.78 Å². The first kappa shape index (κ1) is 11.4. The highest BCUT2D eigenvalue weighted by Crippen LogP contribution is 2.15. The highest BCUT2D eigenvalue weighted by molar-refractivity contribution is 6.18. The molecule has 0 aliphatic carbocycles. The second kappa shape index (κ2) is 5.30. The average Bonchev–Trinajstić information content (AvgIpc) is 2.16. The number of halogens is 3. The molecule has 0 amide bonds. The molecule has 0 radical (unpaired) electrons. The first-order chi connectivity index (χ1) is 6.63. The van der Waals surface area contributed by atoms with Gasteiger partial charge >= 0.3 is 0 Å². The zero-order valence-electron chi connectivity index (χ0n) is 8.06. The Hall–Kier alpha value is -0.630. The van der Waals surface area contributed by atoms with Crippen molar-refractivity contribution in [2.24, 2.45) is 5.92 Å². The Kier molecular flexibility index (Phi) is 4.33. The molecule has 0 aromatic heterocycles. The van der Waals surface area contributed by atoms with E-state index in [-0.39, 0.29) is 0 Å². The van der Waals surface area contributed by atoms with Crippen LogP contribution in [-0.4, -0.2) is 5.88 Å². The van der Waals surface area contributed by atoms with Gasteiger partial charge in [-0.25, -0.2) is 8.78 Å². The molecule has 0 aliphatic heterocycles. The van der Waals surface area contributed by atoms with Gasteiger partial charge in [0.25, 0.3) is 0 Å². The van der Waals surface area contributed by atoms with Crippen LogP contribution >= 0.6 is 11.6 Å². The third-order valence-corrected chi connectivity index (χ3v) is 2.71. The zero-order chi connectivity index (χ0) is 10.6. The van der Waals surface area contributed by atoms with Gasteiger partial charge in [0.2, 0.25) is 0 Å². The van der Waals surface area contributed by atoms with E-state index in [1.807, 2.05) is 6.92 Å². The molecule has 1 rings (SSSR count). The van der Waals surface area contributed by atoms with Gasteiger partial charge in [-0.15, -0.1) is 11.6 Å². The monoisotopic (exact) mass is 218 g/mol. The number of alkyl halides is 1. The van der Waals surface area contributed by atoms with E-state index in [2.05, 4.69) is 0 Å². The van der Waals surface area contributed by atoms with E-state index >= 15 is 0 Å². The van der Waals surface area contributed by atoms with Crippen molar-refractivity contribution in [2.75, 3.05) is 5.88 Å².